The minimum absolute atomic E-state index is 0.0598. The van der Waals surface area contributed by atoms with E-state index in [4.69, 9.17) is 4.74 Å². The van der Waals surface area contributed by atoms with E-state index in [0.29, 0.717) is 12.0 Å². The van der Waals surface area contributed by atoms with Crippen molar-refractivity contribution in [2.45, 2.75) is 19.4 Å². The maximum Gasteiger partial charge on any atom is 0.168 e. The van der Waals surface area contributed by atoms with Gasteiger partial charge in [0, 0.05) is 18.4 Å². The first-order valence-electron chi connectivity index (χ1n) is 6.71. The Bertz CT molecular complexity index is 545. The first kappa shape index (κ1) is 14.5. The van der Waals surface area contributed by atoms with Crippen molar-refractivity contribution in [3.05, 3.63) is 59.7 Å². The van der Waals surface area contributed by atoms with Crippen LogP contribution in [0.1, 0.15) is 24.1 Å². The van der Waals surface area contributed by atoms with Gasteiger partial charge in [0.1, 0.15) is 0 Å². The highest BCUT2D eigenvalue weighted by molar-refractivity contribution is 5.32. The standard InChI is InChI=1S/C16H19FN2O/c1-3-19-14(12-7-9-18-10-8-12)11-13-5-4-6-15(20-2)16(13)17/h4-10,14,19H,3,11H2,1-2H3. The monoisotopic (exact) mass is 274 g/mol. The lowest BCUT2D eigenvalue weighted by molar-refractivity contribution is 0.382. The van der Waals surface area contributed by atoms with Crippen molar-refractivity contribution in [2.24, 2.45) is 0 Å². The zero-order chi connectivity index (χ0) is 14.4. The summed E-state index contributed by atoms with van der Waals surface area (Å²) in [5, 5.41) is 3.38. The molecule has 0 fully saturated rings. The van der Waals surface area contributed by atoms with Gasteiger partial charge in [-0.15, -0.1) is 0 Å². The Morgan fingerprint density at radius 2 is 2.00 bits per heavy atom. The molecule has 0 aliphatic heterocycles. The third-order valence-corrected chi connectivity index (χ3v) is 3.25. The molecule has 1 aromatic carbocycles. The predicted octanol–water partition coefficient (Wildman–Crippen LogP) is 3.12. The van der Waals surface area contributed by atoms with E-state index in [1.54, 1.807) is 24.5 Å². The molecule has 0 aliphatic carbocycles. The molecule has 0 spiro atoms. The topological polar surface area (TPSA) is 34.1 Å². The van der Waals surface area contributed by atoms with E-state index in [1.165, 1.54) is 7.11 Å². The fourth-order valence-corrected chi connectivity index (χ4v) is 2.24. The molecule has 0 saturated carbocycles. The highest BCUT2D eigenvalue weighted by Crippen LogP contribution is 2.25. The minimum Gasteiger partial charge on any atom is -0.494 e. The molecule has 20 heavy (non-hydrogen) atoms. The summed E-state index contributed by atoms with van der Waals surface area (Å²) in [5.41, 5.74) is 1.75. The summed E-state index contributed by atoms with van der Waals surface area (Å²) < 4.78 is 19.3. The average Bonchev–Trinajstić information content (AvgIpc) is 2.49. The van der Waals surface area contributed by atoms with Crippen LogP contribution in [0.15, 0.2) is 42.7 Å². The fourth-order valence-electron chi connectivity index (χ4n) is 2.24. The van der Waals surface area contributed by atoms with E-state index in [-0.39, 0.29) is 17.6 Å². The van der Waals surface area contributed by atoms with Crippen LogP contribution in [0.25, 0.3) is 0 Å². The number of likely N-dealkylation sites (N-methyl/N-ethyl adjacent to an activating group) is 1. The summed E-state index contributed by atoms with van der Waals surface area (Å²) in [5.74, 6) is -0.000522. The number of hydrogen-bond acceptors (Lipinski definition) is 3. The highest BCUT2D eigenvalue weighted by atomic mass is 19.1. The zero-order valence-corrected chi connectivity index (χ0v) is 11.8. The van der Waals surface area contributed by atoms with E-state index < -0.39 is 0 Å². The number of rotatable bonds is 6. The van der Waals surface area contributed by atoms with Gasteiger partial charge in [0.25, 0.3) is 0 Å². The SMILES string of the molecule is CCNC(Cc1cccc(OC)c1F)c1ccncc1. The normalized spacial score (nSPS) is 12.2. The maximum absolute atomic E-state index is 14.2. The summed E-state index contributed by atoms with van der Waals surface area (Å²) in [6.45, 7) is 2.86. The summed E-state index contributed by atoms with van der Waals surface area (Å²) >= 11 is 0. The van der Waals surface area contributed by atoms with E-state index in [0.717, 1.165) is 12.1 Å². The first-order chi connectivity index (χ1) is 9.76. The van der Waals surface area contributed by atoms with Gasteiger partial charge in [-0.25, -0.2) is 4.39 Å². The number of nitrogens with zero attached hydrogens (tertiary/aromatic N) is 1. The number of aromatic nitrogens is 1. The van der Waals surface area contributed by atoms with Crippen LogP contribution in [0.2, 0.25) is 0 Å². The third-order valence-electron chi connectivity index (χ3n) is 3.25. The van der Waals surface area contributed by atoms with Gasteiger partial charge in [0.15, 0.2) is 11.6 Å². The largest absolute Gasteiger partial charge is 0.494 e. The molecular formula is C16H19FN2O. The molecule has 0 bridgehead atoms. The summed E-state index contributed by atoms with van der Waals surface area (Å²) in [7, 11) is 1.48. The van der Waals surface area contributed by atoms with Crippen molar-refractivity contribution in [1.29, 1.82) is 0 Å². The van der Waals surface area contributed by atoms with Crippen LogP contribution in [-0.4, -0.2) is 18.6 Å². The smallest absolute Gasteiger partial charge is 0.168 e. The van der Waals surface area contributed by atoms with Crippen LogP contribution in [0.4, 0.5) is 4.39 Å². The number of hydrogen-bond donors (Lipinski definition) is 1. The zero-order valence-electron chi connectivity index (χ0n) is 11.8. The molecule has 0 saturated heterocycles. The summed E-state index contributed by atoms with van der Waals surface area (Å²) in [4.78, 5) is 4.02. The van der Waals surface area contributed by atoms with Crippen molar-refractivity contribution >= 4 is 0 Å². The first-order valence-corrected chi connectivity index (χ1v) is 6.71. The Kier molecular flexibility index (Phi) is 5.07. The lowest BCUT2D eigenvalue weighted by atomic mass is 9.99. The fraction of sp³-hybridized carbons (Fsp3) is 0.312. The van der Waals surface area contributed by atoms with Gasteiger partial charge in [0.2, 0.25) is 0 Å². The summed E-state index contributed by atoms with van der Waals surface area (Å²) in [6.07, 6.45) is 4.07. The summed E-state index contributed by atoms with van der Waals surface area (Å²) in [6, 6.07) is 9.20. The molecule has 3 nitrogen and oxygen atoms in total. The van der Waals surface area contributed by atoms with Crippen LogP contribution in [0.3, 0.4) is 0 Å². The molecule has 4 heteroatoms. The van der Waals surface area contributed by atoms with Gasteiger partial charge in [-0.2, -0.15) is 0 Å². The highest BCUT2D eigenvalue weighted by Gasteiger charge is 2.15. The van der Waals surface area contributed by atoms with Crippen molar-refractivity contribution in [2.75, 3.05) is 13.7 Å². The molecule has 0 aliphatic rings. The second-order valence-electron chi connectivity index (χ2n) is 4.53. The van der Waals surface area contributed by atoms with Gasteiger partial charge < -0.3 is 10.1 Å². The van der Waals surface area contributed by atoms with Crippen molar-refractivity contribution in [3.8, 4) is 5.75 Å². The van der Waals surface area contributed by atoms with Gasteiger partial charge >= 0.3 is 0 Å². The molecule has 1 unspecified atom stereocenters. The Morgan fingerprint density at radius 3 is 2.65 bits per heavy atom. The lowest BCUT2D eigenvalue weighted by Gasteiger charge is -2.19. The second kappa shape index (κ2) is 7.01. The molecule has 1 heterocycles. The average molecular weight is 274 g/mol. The molecule has 2 rings (SSSR count). The quantitative estimate of drug-likeness (QED) is 0.878. The van der Waals surface area contributed by atoms with E-state index in [9.17, 15) is 4.39 Å². The third kappa shape index (κ3) is 3.33. The Hall–Kier alpha value is -1.94. The Balaban J connectivity index is 2.25. The maximum atomic E-state index is 14.2. The van der Waals surface area contributed by atoms with Gasteiger partial charge in [0.05, 0.1) is 7.11 Å². The van der Waals surface area contributed by atoms with Crippen LogP contribution in [0, 0.1) is 5.82 Å². The van der Waals surface area contributed by atoms with Crippen molar-refractivity contribution < 1.29 is 9.13 Å². The molecule has 106 valence electrons. The van der Waals surface area contributed by atoms with Crippen molar-refractivity contribution in [1.82, 2.24) is 10.3 Å². The molecule has 0 radical (unpaired) electrons. The number of methoxy groups -OCH3 is 1. The molecule has 1 N–H and O–H groups in total. The minimum atomic E-state index is -0.285. The second-order valence-corrected chi connectivity index (χ2v) is 4.53. The molecule has 2 aromatic rings. The molecule has 1 atom stereocenters. The van der Waals surface area contributed by atoms with Crippen molar-refractivity contribution in [3.63, 3.8) is 0 Å². The molecule has 1 aromatic heterocycles. The molecule has 0 amide bonds. The van der Waals surface area contributed by atoms with E-state index in [1.807, 2.05) is 25.1 Å². The number of halogens is 1. The Morgan fingerprint density at radius 1 is 1.25 bits per heavy atom. The Labute approximate surface area is 118 Å². The van der Waals surface area contributed by atoms with Crippen LogP contribution >= 0.6 is 0 Å². The van der Waals surface area contributed by atoms with E-state index in [2.05, 4.69) is 10.3 Å². The lowest BCUT2D eigenvalue weighted by Crippen LogP contribution is -2.23. The van der Waals surface area contributed by atoms with Crippen LogP contribution < -0.4 is 10.1 Å². The van der Waals surface area contributed by atoms with E-state index >= 15 is 0 Å². The molecular weight excluding hydrogens is 255 g/mol. The van der Waals surface area contributed by atoms with Crippen LogP contribution in [0.5, 0.6) is 5.75 Å². The van der Waals surface area contributed by atoms with Gasteiger partial charge in [-0.3, -0.25) is 4.98 Å². The predicted molar refractivity (Wildman–Crippen MR) is 77.3 cm³/mol. The van der Waals surface area contributed by atoms with Gasteiger partial charge in [-0.05, 0) is 42.3 Å². The van der Waals surface area contributed by atoms with Gasteiger partial charge in [-0.1, -0.05) is 19.1 Å². The van der Waals surface area contributed by atoms with Crippen LogP contribution in [-0.2, 0) is 6.42 Å². The number of benzene rings is 1. The number of ether oxygens (including phenoxy) is 1. The number of nitrogens with one attached hydrogen (secondary N) is 1. The number of pyridine rings is 1.